The molecule has 1 saturated carbocycles. The highest BCUT2D eigenvalue weighted by Crippen LogP contribution is 2.41. The molecule has 1 unspecified atom stereocenters. The van der Waals surface area contributed by atoms with Crippen LogP contribution in [0.1, 0.15) is 6.42 Å². The number of nitrogens with two attached hydrogens (primary N) is 1. The van der Waals surface area contributed by atoms with Crippen LogP contribution in [-0.4, -0.2) is 42.4 Å². The minimum atomic E-state index is -0.748. The predicted octanol–water partition coefficient (Wildman–Crippen LogP) is -1.08. The third kappa shape index (κ3) is 2.00. The molecule has 2 aromatic heterocycles. The van der Waals surface area contributed by atoms with Gasteiger partial charge in [-0.3, -0.25) is 14.3 Å². The molecular weight excluding hydrogens is 250 g/mol. The molecule has 5 N–H and O–H groups in total. The number of nitrogens with zero attached hydrogens (tertiary/aromatic N) is 3. The van der Waals surface area contributed by atoms with Crippen LogP contribution in [0, 0.1) is 5.92 Å². The zero-order chi connectivity index (χ0) is 13.6. The first kappa shape index (κ1) is 11.9. The minimum Gasteiger partial charge on any atom is -0.394 e. The molecule has 0 amide bonds. The summed E-state index contributed by atoms with van der Waals surface area (Å²) < 4.78 is 1.60. The second-order valence-electron chi connectivity index (χ2n) is 4.54. The van der Waals surface area contributed by atoms with E-state index in [4.69, 9.17) is 10.8 Å². The van der Waals surface area contributed by atoms with E-state index in [1.165, 1.54) is 6.33 Å². The SMILES string of the molecule is Nc1nc2c(ncn2/C=C2/C[C@@H]2C(O)CO)c(=O)[nH]1. The van der Waals surface area contributed by atoms with Gasteiger partial charge in [0, 0.05) is 12.1 Å². The number of nitrogens with one attached hydrogen (secondary N) is 1. The summed E-state index contributed by atoms with van der Waals surface area (Å²) in [7, 11) is 0. The van der Waals surface area contributed by atoms with Crippen LogP contribution in [0.5, 0.6) is 0 Å². The highest BCUT2D eigenvalue weighted by molar-refractivity contribution is 5.73. The monoisotopic (exact) mass is 263 g/mol. The van der Waals surface area contributed by atoms with E-state index in [1.54, 1.807) is 10.8 Å². The van der Waals surface area contributed by atoms with Crippen LogP contribution < -0.4 is 11.3 Å². The Morgan fingerprint density at radius 3 is 3.21 bits per heavy atom. The molecule has 2 aromatic rings. The lowest BCUT2D eigenvalue weighted by Crippen LogP contribution is -2.14. The van der Waals surface area contributed by atoms with Crippen molar-refractivity contribution in [3.63, 3.8) is 0 Å². The van der Waals surface area contributed by atoms with Gasteiger partial charge in [0.25, 0.3) is 5.56 Å². The fraction of sp³-hybridized carbons (Fsp3) is 0.364. The summed E-state index contributed by atoms with van der Waals surface area (Å²) in [4.78, 5) is 22.0. The zero-order valence-electron chi connectivity index (χ0n) is 9.95. The fourth-order valence-corrected chi connectivity index (χ4v) is 2.07. The molecule has 0 aromatic carbocycles. The molecular formula is C11H13N5O3. The average molecular weight is 263 g/mol. The standard InChI is InChI=1S/C11H13N5O3/c12-11-14-9-8(10(19)15-11)13-4-16(9)2-5-1-6(5)7(18)3-17/h2,4,6-7,17-18H,1,3H2,(H3,12,14,15,19)/b5-2-/t6-,7?/m0/s1. The van der Waals surface area contributed by atoms with Crippen LogP contribution in [0.15, 0.2) is 16.7 Å². The average Bonchev–Trinajstić information content (AvgIpc) is 3.02. The van der Waals surface area contributed by atoms with E-state index in [9.17, 15) is 9.90 Å². The van der Waals surface area contributed by atoms with Gasteiger partial charge in [0.1, 0.15) is 6.33 Å². The van der Waals surface area contributed by atoms with Crippen molar-refractivity contribution in [2.24, 2.45) is 5.92 Å². The predicted molar refractivity (Wildman–Crippen MR) is 68.0 cm³/mol. The molecule has 1 aliphatic rings. The van der Waals surface area contributed by atoms with Crippen molar-refractivity contribution in [2.75, 3.05) is 12.3 Å². The number of H-pyrrole nitrogens is 1. The van der Waals surface area contributed by atoms with Crippen molar-refractivity contribution in [1.29, 1.82) is 0 Å². The number of hydrogen-bond donors (Lipinski definition) is 4. The van der Waals surface area contributed by atoms with Crippen molar-refractivity contribution in [3.05, 3.63) is 22.3 Å². The summed E-state index contributed by atoms with van der Waals surface area (Å²) in [6.07, 6.45) is 3.19. The topological polar surface area (TPSA) is 130 Å². The summed E-state index contributed by atoms with van der Waals surface area (Å²) in [5, 5.41) is 18.4. The molecule has 8 heteroatoms. The summed E-state index contributed by atoms with van der Waals surface area (Å²) >= 11 is 0. The van der Waals surface area contributed by atoms with E-state index in [2.05, 4.69) is 15.0 Å². The third-order valence-electron chi connectivity index (χ3n) is 3.18. The lowest BCUT2D eigenvalue weighted by atomic mass is 10.2. The van der Waals surface area contributed by atoms with E-state index in [1.807, 2.05) is 0 Å². The van der Waals surface area contributed by atoms with Gasteiger partial charge >= 0.3 is 0 Å². The van der Waals surface area contributed by atoms with Crippen LogP contribution in [-0.2, 0) is 0 Å². The molecule has 0 radical (unpaired) electrons. The second kappa shape index (κ2) is 4.18. The van der Waals surface area contributed by atoms with Gasteiger partial charge in [-0.15, -0.1) is 0 Å². The maximum absolute atomic E-state index is 11.6. The lowest BCUT2D eigenvalue weighted by molar-refractivity contribution is 0.0815. The Labute approximate surface area is 107 Å². The smallest absolute Gasteiger partial charge is 0.280 e. The molecule has 0 saturated heterocycles. The van der Waals surface area contributed by atoms with Crippen molar-refractivity contribution < 1.29 is 10.2 Å². The maximum Gasteiger partial charge on any atom is 0.280 e. The van der Waals surface area contributed by atoms with Crippen molar-refractivity contribution in [2.45, 2.75) is 12.5 Å². The van der Waals surface area contributed by atoms with Crippen LogP contribution in [0.4, 0.5) is 5.95 Å². The van der Waals surface area contributed by atoms with E-state index in [0.29, 0.717) is 12.1 Å². The molecule has 0 spiro atoms. The normalized spacial score (nSPS) is 22.0. The summed E-state index contributed by atoms with van der Waals surface area (Å²) in [6.45, 7) is -0.266. The number of imidazole rings is 1. The summed E-state index contributed by atoms with van der Waals surface area (Å²) in [5.74, 6) is -0.0119. The fourth-order valence-electron chi connectivity index (χ4n) is 2.07. The zero-order valence-corrected chi connectivity index (χ0v) is 9.95. The highest BCUT2D eigenvalue weighted by Gasteiger charge is 2.36. The Morgan fingerprint density at radius 1 is 1.68 bits per heavy atom. The first-order valence-corrected chi connectivity index (χ1v) is 5.82. The van der Waals surface area contributed by atoms with E-state index in [-0.39, 0.29) is 29.5 Å². The molecule has 2 atom stereocenters. The number of anilines is 1. The first-order chi connectivity index (χ1) is 9.10. The highest BCUT2D eigenvalue weighted by atomic mass is 16.3. The third-order valence-corrected chi connectivity index (χ3v) is 3.18. The van der Waals surface area contributed by atoms with E-state index >= 15 is 0 Å². The molecule has 1 fully saturated rings. The molecule has 0 aliphatic heterocycles. The molecule has 0 bridgehead atoms. The largest absolute Gasteiger partial charge is 0.394 e. The Kier molecular flexibility index (Phi) is 2.61. The van der Waals surface area contributed by atoms with E-state index < -0.39 is 6.10 Å². The van der Waals surface area contributed by atoms with Crippen molar-refractivity contribution in [3.8, 4) is 0 Å². The molecule has 2 heterocycles. The second-order valence-corrected chi connectivity index (χ2v) is 4.54. The Bertz CT molecular complexity index is 717. The van der Waals surface area contributed by atoms with Gasteiger partial charge in [-0.05, 0) is 12.0 Å². The molecule has 1 aliphatic carbocycles. The van der Waals surface area contributed by atoms with Gasteiger partial charge in [0.05, 0.1) is 12.7 Å². The number of aromatic nitrogens is 4. The van der Waals surface area contributed by atoms with Crippen LogP contribution in [0.3, 0.4) is 0 Å². The van der Waals surface area contributed by atoms with Gasteiger partial charge in [0.15, 0.2) is 11.2 Å². The number of nitrogen functional groups attached to an aromatic ring is 1. The van der Waals surface area contributed by atoms with Gasteiger partial charge in [-0.25, -0.2) is 4.98 Å². The van der Waals surface area contributed by atoms with Crippen molar-refractivity contribution >= 4 is 23.3 Å². The summed E-state index contributed by atoms with van der Waals surface area (Å²) in [5.41, 5.74) is 6.67. The molecule has 19 heavy (non-hydrogen) atoms. The maximum atomic E-state index is 11.6. The first-order valence-electron chi connectivity index (χ1n) is 5.82. The van der Waals surface area contributed by atoms with E-state index in [0.717, 1.165) is 5.57 Å². The lowest BCUT2D eigenvalue weighted by Gasteiger charge is -2.01. The number of aromatic amines is 1. The number of aliphatic hydroxyl groups excluding tert-OH is 2. The molecule has 3 rings (SSSR count). The van der Waals surface area contributed by atoms with Crippen LogP contribution >= 0.6 is 0 Å². The number of hydrogen-bond acceptors (Lipinski definition) is 6. The minimum absolute atomic E-state index is 0.0281. The molecule has 8 nitrogen and oxygen atoms in total. The van der Waals surface area contributed by atoms with Gasteiger partial charge in [-0.2, -0.15) is 4.98 Å². The summed E-state index contributed by atoms with van der Waals surface area (Å²) in [6, 6.07) is 0. The van der Waals surface area contributed by atoms with Gasteiger partial charge < -0.3 is 15.9 Å². The quantitative estimate of drug-likeness (QED) is 0.557. The van der Waals surface area contributed by atoms with Gasteiger partial charge in [-0.1, -0.05) is 0 Å². The Balaban J connectivity index is 2.00. The number of rotatable bonds is 3. The van der Waals surface area contributed by atoms with Crippen molar-refractivity contribution in [1.82, 2.24) is 19.5 Å². The number of fused-ring (bicyclic) bond motifs is 1. The Morgan fingerprint density at radius 2 is 2.47 bits per heavy atom. The molecule has 100 valence electrons. The number of aliphatic hydroxyl groups is 2. The van der Waals surface area contributed by atoms with Gasteiger partial charge in [0.2, 0.25) is 5.95 Å². The van der Waals surface area contributed by atoms with Crippen LogP contribution in [0.2, 0.25) is 0 Å². The Hall–Kier alpha value is -2.19. The van der Waals surface area contributed by atoms with Crippen LogP contribution in [0.25, 0.3) is 17.4 Å².